The van der Waals surface area contributed by atoms with Gasteiger partial charge in [-0.05, 0) is 25.2 Å². The van der Waals surface area contributed by atoms with Crippen molar-refractivity contribution in [1.29, 1.82) is 0 Å². The number of likely N-dealkylation sites (N-methyl/N-ethyl adjacent to an activating group) is 1. The van der Waals surface area contributed by atoms with Gasteiger partial charge in [0.25, 0.3) is 0 Å². The van der Waals surface area contributed by atoms with Crippen LogP contribution in [0.3, 0.4) is 0 Å². The van der Waals surface area contributed by atoms with Crippen LogP contribution in [0.5, 0.6) is 0 Å². The van der Waals surface area contributed by atoms with Crippen molar-refractivity contribution in [2.45, 2.75) is 6.18 Å². The van der Waals surface area contributed by atoms with Crippen LogP contribution in [0.25, 0.3) is 0 Å². The lowest BCUT2D eigenvalue weighted by molar-refractivity contribution is -0.138. The molecule has 0 atom stereocenters. The Morgan fingerprint density at radius 2 is 1.81 bits per heavy atom. The second-order valence-electron chi connectivity index (χ2n) is 5.19. The molecule has 116 valence electrons. The summed E-state index contributed by atoms with van der Waals surface area (Å²) in [5, 5.41) is 0. The second-order valence-corrected chi connectivity index (χ2v) is 5.19. The molecule has 0 aromatic heterocycles. The first kappa shape index (κ1) is 15.9. The van der Waals surface area contributed by atoms with E-state index in [4.69, 9.17) is 0 Å². The Morgan fingerprint density at radius 1 is 1.19 bits per heavy atom. The van der Waals surface area contributed by atoms with Gasteiger partial charge < -0.3 is 4.90 Å². The number of hydrogen-bond acceptors (Lipinski definition) is 3. The lowest BCUT2D eigenvalue weighted by Crippen LogP contribution is -2.46. The zero-order valence-corrected chi connectivity index (χ0v) is 11.6. The Kier molecular flexibility index (Phi) is 4.63. The molecule has 0 amide bonds. The molecular formula is C14H16F4N2O. The van der Waals surface area contributed by atoms with E-state index in [2.05, 4.69) is 4.90 Å². The van der Waals surface area contributed by atoms with Crippen molar-refractivity contribution < 1.29 is 22.4 Å². The molecule has 0 aliphatic carbocycles. The number of nitrogens with zero attached hydrogens (tertiary/aromatic N) is 2. The number of alkyl halides is 3. The van der Waals surface area contributed by atoms with Gasteiger partial charge in [-0.3, -0.25) is 9.69 Å². The van der Waals surface area contributed by atoms with Crippen molar-refractivity contribution in [1.82, 2.24) is 9.80 Å². The molecule has 0 bridgehead atoms. The van der Waals surface area contributed by atoms with Crippen LogP contribution >= 0.6 is 0 Å². The first-order chi connectivity index (χ1) is 9.77. The monoisotopic (exact) mass is 304 g/mol. The zero-order chi connectivity index (χ0) is 15.6. The summed E-state index contributed by atoms with van der Waals surface area (Å²) in [5.41, 5.74) is -1.68. The number of ketones is 1. The number of piperazine rings is 1. The van der Waals surface area contributed by atoms with Crippen LogP contribution in [0.1, 0.15) is 15.9 Å². The van der Waals surface area contributed by atoms with Gasteiger partial charge >= 0.3 is 6.18 Å². The molecule has 1 saturated heterocycles. The molecule has 0 spiro atoms. The minimum absolute atomic E-state index is 0.0808. The number of rotatable bonds is 3. The molecule has 1 aliphatic heterocycles. The number of Topliss-reactive ketones (excluding diaryl/α,β-unsaturated/α-hetero) is 1. The Hall–Kier alpha value is -1.47. The highest BCUT2D eigenvalue weighted by Gasteiger charge is 2.35. The zero-order valence-electron chi connectivity index (χ0n) is 11.6. The summed E-state index contributed by atoms with van der Waals surface area (Å²) >= 11 is 0. The van der Waals surface area contributed by atoms with Gasteiger partial charge in [-0.25, -0.2) is 4.39 Å². The first-order valence-corrected chi connectivity index (χ1v) is 6.58. The van der Waals surface area contributed by atoms with Gasteiger partial charge in [-0.15, -0.1) is 0 Å². The third-order valence-corrected chi connectivity index (χ3v) is 3.55. The van der Waals surface area contributed by atoms with Crippen molar-refractivity contribution in [3.8, 4) is 0 Å². The normalized spacial score (nSPS) is 18.0. The van der Waals surface area contributed by atoms with E-state index in [0.29, 0.717) is 19.2 Å². The van der Waals surface area contributed by atoms with Crippen LogP contribution in [0, 0.1) is 5.82 Å². The molecule has 1 aromatic carbocycles. The van der Waals surface area contributed by atoms with Crippen molar-refractivity contribution in [3.05, 3.63) is 35.1 Å². The van der Waals surface area contributed by atoms with E-state index in [1.165, 1.54) is 0 Å². The molecule has 1 aromatic rings. The topological polar surface area (TPSA) is 23.6 Å². The summed E-state index contributed by atoms with van der Waals surface area (Å²) in [4.78, 5) is 16.0. The predicted molar refractivity (Wildman–Crippen MR) is 69.7 cm³/mol. The van der Waals surface area contributed by atoms with Crippen LogP contribution in [0.2, 0.25) is 0 Å². The minimum Gasteiger partial charge on any atom is -0.304 e. The fourth-order valence-corrected chi connectivity index (χ4v) is 2.29. The Morgan fingerprint density at radius 3 is 2.38 bits per heavy atom. The van der Waals surface area contributed by atoms with Crippen LogP contribution in [0.15, 0.2) is 18.2 Å². The third kappa shape index (κ3) is 4.01. The van der Waals surface area contributed by atoms with Gasteiger partial charge in [-0.2, -0.15) is 13.2 Å². The van der Waals surface area contributed by atoms with E-state index in [1.54, 1.807) is 0 Å². The van der Waals surface area contributed by atoms with Crippen LogP contribution < -0.4 is 0 Å². The van der Waals surface area contributed by atoms with E-state index in [9.17, 15) is 22.4 Å². The predicted octanol–water partition coefficient (Wildman–Crippen LogP) is 2.27. The fourth-order valence-electron chi connectivity index (χ4n) is 2.29. The summed E-state index contributed by atoms with van der Waals surface area (Å²) in [6.45, 7) is 2.71. The largest absolute Gasteiger partial charge is 0.417 e. The Balaban J connectivity index is 2.16. The maximum Gasteiger partial charge on any atom is 0.417 e. The standard InChI is InChI=1S/C14H16F4N2O/c1-19-4-6-20(7-5-19)9-13(21)11-3-2-10(15)8-12(11)14(16,17)18/h2-3,8H,4-7,9H2,1H3. The molecule has 1 fully saturated rings. The third-order valence-electron chi connectivity index (χ3n) is 3.55. The summed E-state index contributed by atoms with van der Waals surface area (Å²) in [6.07, 6.45) is -4.74. The van der Waals surface area contributed by atoms with E-state index in [-0.39, 0.29) is 6.54 Å². The molecule has 2 rings (SSSR count). The lowest BCUT2D eigenvalue weighted by atomic mass is 10.0. The van der Waals surface area contributed by atoms with Gasteiger partial charge in [0.2, 0.25) is 0 Å². The number of halogens is 4. The smallest absolute Gasteiger partial charge is 0.304 e. The lowest BCUT2D eigenvalue weighted by Gasteiger charge is -2.31. The number of benzene rings is 1. The average molecular weight is 304 g/mol. The van der Waals surface area contributed by atoms with Crippen LogP contribution in [0.4, 0.5) is 17.6 Å². The number of carbonyl (C=O) groups is 1. The first-order valence-electron chi connectivity index (χ1n) is 6.58. The Bertz CT molecular complexity index is 522. The second kappa shape index (κ2) is 6.11. The highest BCUT2D eigenvalue weighted by Crippen LogP contribution is 2.32. The molecule has 3 nitrogen and oxygen atoms in total. The van der Waals surface area contributed by atoms with Gasteiger partial charge in [-0.1, -0.05) is 0 Å². The molecule has 7 heteroatoms. The minimum atomic E-state index is -4.74. The molecule has 1 aliphatic rings. The summed E-state index contributed by atoms with van der Waals surface area (Å²) in [5.74, 6) is -1.63. The molecule has 0 radical (unpaired) electrons. The SMILES string of the molecule is CN1CCN(CC(=O)c2ccc(F)cc2C(F)(F)F)CC1. The van der Waals surface area contributed by atoms with Crippen molar-refractivity contribution in [3.63, 3.8) is 0 Å². The molecule has 21 heavy (non-hydrogen) atoms. The Labute approximate surface area is 120 Å². The summed E-state index contributed by atoms with van der Waals surface area (Å²) < 4.78 is 51.7. The van der Waals surface area contributed by atoms with Gasteiger partial charge in [0.05, 0.1) is 12.1 Å². The van der Waals surface area contributed by atoms with Crippen LogP contribution in [-0.4, -0.2) is 55.4 Å². The van der Waals surface area contributed by atoms with E-state index >= 15 is 0 Å². The van der Waals surface area contributed by atoms with Gasteiger partial charge in [0.1, 0.15) is 5.82 Å². The highest BCUT2D eigenvalue weighted by atomic mass is 19.4. The van der Waals surface area contributed by atoms with Crippen LogP contribution in [-0.2, 0) is 6.18 Å². The quantitative estimate of drug-likeness (QED) is 0.632. The molecular weight excluding hydrogens is 288 g/mol. The molecule has 0 N–H and O–H groups in total. The molecule has 1 heterocycles. The van der Waals surface area contributed by atoms with E-state index in [1.807, 2.05) is 11.9 Å². The van der Waals surface area contributed by atoms with Gasteiger partial charge in [0.15, 0.2) is 5.78 Å². The highest BCUT2D eigenvalue weighted by molar-refractivity contribution is 5.99. The van der Waals surface area contributed by atoms with Crippen molar-refractivity contribution in [2.75, 3.05) is 39.8 Å². The maximum absolute atomic E-state index is 13.0. The number of hydrogen-bond donors (Lipinski definition) is 0. The molecule has 0 saturated carbocycles. The average Bonchev–Trinajstić information content (AvgIpc) is 2.40. The summed E-state index contributed by atoms with van der Waals surface area (Å²) in [7, 11) is 1.95. The number of carbonyl (C=O) groups excluding carboxylic acids is 1. The van der Waals surface area contributed by atoms with Gasteiger partial charge in [0, 0.05) is 31.7 Å². The van der Waals surface area contributed by atoms with Crippen molar-refractivity contribution in [2.24, 2.45) is 0 Å². The maximum atomic E-state index is 13.0. The summed E-state index contributed by atoms with van der Waals surface area (Å²) in [6, 6.07) is 2.17. The van der Waals surface area contributed by atoms with E-state index < -0.39 is 28.9 Å². The molecule has 0 unspecified atom stereocenters. The van der Waals surface area contributed by atoms with E-state index in [0.717, 1.165) is 25.2 Å². The fraction of sp³-hybridized carbons (Fsp3) is 0.500. The van der Waals surface area contributed by atoms with Crippen molar-refractivity contribution >= 4 is 5.78 Å².